The van der Waals surface area contributed by atoms with Gasteiger partial charge < -0.3 is 9.64 Å². The molecule has 1 saturated heterocycles. The first-order valence-corrected chi connectivity index (χ1v) is 6.40. The number of rotatable bonds is 2. The van der Waals surface area contributed by atoms with Gasteiger partial charge in [-0.05, 0) is 40.4 Å². The summed E-state index contributed by atoms with van der Waals surface area (Å²) in [5, 5.41) is 0. The average molecular weight is 285 g/mol. The molecule has 3 nitrogen and oxygen atoms in total. The minimum atomic E-state index is 0.314. The van der Waals surface area contributed by atoms with E-state index in [0.717, 1.165) is 29.9 Å². The molecule has 0 amide bonds. The Kier molecular flexibility index (Phi) is 3.82. The lowest BCUT2D eigenvalue weighted by Crippen LogP contribution is -2.44. The third-order valence-corrected chi connectivity index (χ3v) is 3.66. The molecule has 0 aliphatic carbocycles. The number of methoxy groups -OCH3 is 1. The Morgan fingerprint density at radius 2 is 2.31 bits per heavy atom. The topological polar surface area (TPSA) is 25.4 Å². The van der Waals surface area contributed by atoms with Gasteiger partial charge in [0.25, 0.3) is 0 Å². The number of pyridine rings is 1. The summed E-state index contributed by atoms with van der Waals surface area (Å²) in [6.45, 7) is 4.24. The van der Waals surface area contributed by atoms with Gasteiger partial charge in [0.1, 0.15) is 10.4 Å². The molecule has 88 valence electrons. The Balaban J connectivity index is 2.11. The molecule has 4 heteroatoms. The van der Waals surface area contributed by atoms with Crippen LogP contribution in [0.2, 0.25) is 0 Å². The summed E-state index contributed by atoms with van der Waals surface area (Å²) in [6, 6.07) is 6.02. The second-order valence-electron chi connectivity index (χ2n) is 4.30. The molecule has 1 aliphatic rings. The molecule has 1 aromatic rings. The van der Waals surface area contributed by atoms with Crippen LogP contribution in [0.1, 0.15) is 13.3 Å². The fourth-order valence-electron chi connectivity index (χ4n) is 2.12. The van der Waals surface area contributed by atoms with Crippen molar-refractivity contribution in [2.24, 2.45) is 5.92 Å². The lowest BCUT2D eigenvalue weighted by Gasteiger charge is -2.36. The molecule has 0 N–H and O–H groups in total. The summed E-state index contributed by atoms with van der Waals surface area (Å²) in [5.74, 6) is 1.66. The molecule has 1 aromatic heterocycles. The minimum Gasteiger partial charge on any atom is -0.379 e. The summed E-state index contributed by atoms with van der Waals surface area (Å²) in [7, 11) is 1.79. The van der Waals surface area contributed by atoms with Crippen molar-refractivity contribution in [2.75, 3.05) is 25.1 Å². The van der Waals surface area contributed by atoms with Crippen LogP contribution in [0.3, 0.4) is 0 Å². The van der Waals surface area contributed by atoms with E-state index in [0.29, 0.717) is 12.0 Å². The van der Waals surface area contributed by atoms with E-state index in [1.165, 1.54) is 0 Å². The van der Waals surface area contributed by atoms with Gasteiger partial charge in [-0.2, -0.15) is 0 Å². The first-order chi connectivity index (χ1) is 7.70. The molecular weight excluding hydrogens is 268 g/mol. The maximum absolute atomic E-state index is 5.50. The van der Waals surface area contributed by atoms with Crippen LogP contribution in [0.5, 0.6) is 0 Å². The third-order valence-electron chi connectivity index (χ3n) is 3.22. The van der Waals surface area contributed by atoms with Crippen LogP contribution in [0.15, 0.2) is 22.8 Å². The molecule has 2 heterocycles. The molecule has 1 fully saturated rings. The van der Waals surface area contributed by atoms with E-state index in [1.54, 1.807) is 7.11 Å². The van der Waals surface area contributed by atoms with Crippen molar-refractivity contribution in [1.29, 1.82) is 0 Å². The SMILES string of the molecule is COC1CN(c2cccc(Br)n2)CCC1C. The highest BCUT2D eigenvalue weighted by Crippen LogP contribution is 2.24. The van der Waals surface area contributed by atoms with E-state index in [-0.39, 0.29) is 0 Å². The van der Waals surface area contributed by atoms with E-state index in [9.17, 15) is 0 Å². The molecule has 1 aliphatic heterocycles. The first-order valence-electron chi connectivity index (χ1n) is 5.61. The van der Waals surface area contributed by atoms with Crippen molar-refractivity contribution < 1.29 is 4.74 Å². The Bertz CT molecular complexity index is 359. The monoisotopic (exact) mass is 284 g/mol. The number of hydrogen-bond donors (Lipinski definition) is 0. The van der Waals surface area contributed by atoms with Gasteiger partial charge in [-0.25, -0.2) is 4.98 Å². The summed E-state index contributed by atoms with van der Waals surface area (Å²) in [6.07, 6.45) is 1.47. The van der Waals surface area contributed by atoms with Crippen molar-refractivity contribution in [3.63, 3.8) is 0 Å². The molecule has 0 bridgehead atoms. The lowest BCUT2D eigenvalue weighted by atomic mass is 9.96. The highest BCUT2D eigenvalue weighted by atomic mass is 79.9. The molecule has 0 radical (unpaired) electrons. The molecule has 0 saturated carbocycles. The molecule has 2 unspecified atom stereocenters. The largest absolute Gasteiger partial charge is 0.379 e. The van der Waals surface area contributed by atoms with Crippen molar-refractivity contribution in [3.05, 3.63) is 22.8 Å². The molecular formula is C12H17BrN2O. The summed E-state index contributed by atoms with van der Waals surface area (Å²) < 4.78 is 6.39. The molecule has 0 spiro atoms. The van der Waals surface area contributed by atoms with E-state index in [2.05, 4.69) is 32.7 Å². The highest BCUT2D eigenvalue weighted by molar-refractivity contribution is 9.10. The quantitative estimate of drug-likeness (QED) is 0.781. The Morgan fingerprint density at radius 1 is 1.50 bits per heavy atom. The van der Waals surface area contributed by atoms with Gasteiger partial charge in [-0.3, -0.25) is 0 Å². The van der Waals surface area contributed by atoms with E-state index >= 15 is 0 Å². The van der Waals surface area contributed by atoms with Crippen LogP contribution < -0.4 is 4.90 Å². The van der Waals surface area contributed by atoms with Crippen LogP contribution in [-0.2, 0) is 4.74 Å². The number of hydrogen-bond acceptors (Lipinski definition) is 3. The Hall–Kier alpha value is -0.610. The van der Waals surface area contributed by atoms with Gasteiger partial charge in [-0.15, -0.1) is 0 Å². The van der Waals surface area contributed by atoms with Gasteiger partial charge in [0.2, 0.25) is 0 Å². The van der Waals surface area contributed by atoms with Crippen molar-refractivity contribution >= 4 is 21.7 Å². The zero-order chi connectivity index (χ0) is 11.5. The fraction of sp³-hybridized carbons (Fsp3) is 0.583. The molecule has 2 rings (SSSR count). The van der Waals surface area contributed by atoms with E-state index in [1.807, 2.05) is 18.2 Å². The van der Waals surface area contributed by atoms with Crippen molar-refractivity contribution in [2.45, 2.75) is 19.4 Å². The number of ether oxygens (including phenoxy) is 1. The smallest absolute Gasteiger partial charge is 0.129 e. The number of halogens is 1. The predicted molar refractivity (Wildman–Crippen MR) is 68.7 cm³/mol. The maximum Gasteiger partial charge on any atom is 0.129 e. The zero-order valence-corrected chi connectivity index (χ0v) is 11.3. The van der Waals surface area contributed by atoms with Gasteiger partial charge in [0, 0.05) is 20.2 Å². The second-order valence-corrected chi connectivity index (χ2v) is 5.12. The Labute approximate surface area is 105 Å². The standard InChI is InChI=1S/C12H17BrN2O/c1-9-6-7-15(8-10(9)16-2)12-5-3-4-11(13)14-12/h3-5,9-10H,6-8H2,1-2H3. The second kappa shape index (κ2) is 5.15. The van der Waals surface area contributed by atoms with E-state index in [4.69, 9.17) is 4.74 Å². The predicted octanol–water partition coefficient (Wildman–Crippen LogP) is 2.71. The van der Waals surface area contributed by atoms with Crippen molar-refractivity contribution in [3.8, 4) is 0 Å². The van der Waals surface area contributed by atoms with E-state index < -0.39 is 0 Å². The summed E-state index contributed by atoms with van der Waals surface area (Å²) in [4.78, 5) is 6.77. The number of piperidine rings is 1. The molecule has 16 heavy (non-hydrogen) atoms. The van der Waals surface area contributed by atoms with Gasteiger partial charge in [-0.1, -0.05) is 13.0 Å². The Morgan fingerprint density at radius 3 is 3.00 bits per heavy atom. The normalized spacial score (nSPS) is 25.8. The minimum absolute atomic E-state index is 0.314. The molecule has 0 aromatic carbocycles. The fourth-order valence-corrected chi connectivity index (χ4v) is 2.46. The van der Waals surface area contributed by atoms with Crippen LogP contribution in [0.4, 0.5) is 5.82 Å². The number of aromatic nitrogens is 1. The van der Waals surface area contributed by atoms with Gasteiger partial charge in [0.05, 0.1) is 6.10 Å². The van der Waals surface area contributed by atoms with Gasteiger partial charge in [0.15, 0.2) is 0 Å². The molecule has 2 atom stereocenters. The van der Waals surface area contributed by atoms with Crippen molar-refractivity contribution in [1.82, 2.24) is 4.98 Å². The third kappa shape index (κ3) is 2.55. The average Bonchev–Trinajstić information content (AvgIpc) is 2.29. The van der Waals surface area contributed by atoms with Crippen LogP contribution in [0.25, 0.3) is 0 Å². The first kappa shape index (κ1) is 11.9. The zero-order valence-electron chi connectivity index (χ0n) is 9.69. The maximum atomic E-state index is 5.50. The summed E-state index contributed by atoms with van der Waals surface area (Å²) in [5.41, 5.74) is 0. The van der Waals surface area contributed by atoms with Crippen LogP contribution in [0, 0.1) is 5.92 Å². The van der Waals surface area contributed by atoms with Crippen LogP contribution >= 0.6 is 15.9 Å². The number of nitrogens with zero attached hydrogens (tertiary/aromatic N) is 2. The van der Waals surface area contributed by atoms with Gasteiger partial charge >= 0.3 is 0 Å². The highest BCUT2D eigenvalue weighted by Gasteiger charge is 2.26. The van der Waals surface area contributed by atoms with Crippen LogP contribution in [-0.4, -0.2) is 31.3 Å². The lowest BCUT2D eigenvalue weighted by molar-refractivity contribution is 0.0496. The number of anilines is 1. The summed E-state index contributed by atoms with van der Waals surface area (Å²) >= 11 is 3.40.